The SMILES string of the molecule is CC(=O)c1cnn(Cc2ccc(Br)o2)c1. The van der Waals surface area contributed by atoms with Crippen molar-refractivity contribution < 1.29 is 9.21 Å². The molecule has 0 aromatic carbocycles. The average Bonchev–Trinajstić information content (AvgIpc) is 2.76. The van der Waals surface area contributed by atoms with E-state index in [1.165, 1.54) is 6.92 Å². The van der Waals surface area contributed by atoms with E-state index in [0.717, 1.165) is 5.76 Å². The van der Waals surface area contributed by atoms with E-state index >= 15 is 0 Å². The van der Waals surface area contributed by atoms with Gasteiger partial charge < -0.3 is 4.42 Å². The number of hydrogen-bond acceptors (Lipinski definition) is 3. The first-order valence-corrected chi connectivity index (χ1v) is 5.22. The maximum absolute atomic E-state index is 11.0. The number of carbonyl (C=O) groups is 1. The molecule has 0 unspecified atom stereocenters. The molecule has 0 spiro atoms. The van der Waals surface area contributed by atoms with Crippen molar-refractivity contribution in [2.45, 2.75) is 13.5 Å². The number of hydrogen-bond donors (Lipinski definition) is 0. The molecule has 0 amide bonds. The molecule has 0 atom stereocenters. The van der Waals surface area contributed by atoms with Crippen molar-refractivity contribution in [2.24, 2.45) is 0 Å². The maximum atomic E-state index is 11.0. The highest BCUT2D eigenvalue weighted by molar-refractivity contribution is 9.10. The van der Waals surface area contributed by atoms with Gasteiger partial charge in [0.05, 0.1) is 18.3 Å². The summed E-state index contributed by atoms with van der Waals surface area (Å²) in [4.78, 5) is 11.0. The Hall–Kier alpha value is -1.36. The number of carbonyl (C=O) groups excluding carboxylic acids is 1. The van der Waals surface area contributed by atoms with E-state index in [-0.39, 0.29) is 5.78 Å². The third kappa shape index (κ3) is 2.36. The fourth-order valence-electron chi connectivity index (χ4n) is 1.23. The molecule has 0 aliphatic carbocycles. The smallest absolute Gasteiger partial charge is 0.169 e. The normalized spacial score (nSPS) is 10.5. The number of ketones is 1. The van der Waals surface area contributed by atoms with Crippen LogP contribution in [0.4, 0.5) is 0 Å². The Kier molecular flexibility index (Phi) is 2.73. The lowest BCUT2D eigenvalue weighted by Gasteiger charge is -1.96. The molecule has 15 heavy (non-hydrogen) atoms. The molecule has 0 radical (unpaired) electrons. The van der Waals surface area contributed by atoms with Crippen LogP contribution in [0.2, 0.25) is 0 Å². The molecule has 2 aromatic heterocycles. The Bertz CT molecular complexity index is 487. The summed E-state index contributed by atoms with van der Waals surface area (Å²) in [6.45, 7) is 2.05. The number of Topliss-reactive ketones (excluding diaryl/α,β-unsaturated/α-hetero) is 1. The van der Waals surface area contributed by atoms with Crippen LogP contribution in [0, 0.1) is 0 Å². The fourth-order valence-corrected chi connectivity index (χ4v) is 1.57. The van der Waals surface area contributed by atoms with Crippen molar-refractivity contribution in [3.05, 3.63) is 40.5 Å². The number of halogens is 1. The number of furan rings is 1. The van der Waals surface area contributed by atoms with Gasteiger partial charge in [-0.3, -0.25) is 9.48 Å². The summed E-state index contributed by atoms with van der Waals surface area (Å²) in [5, 5.41) is 4.06. The summed E-state index contributed by atoms with van der Waals surface area (Å²) in [5.74, 6) is 0.807. The molecule has 5 heteroatoms. The zero-order valence-corrected chi connectivity index (χ0v) is 9.69. The van der Waals surface area contributed by atoms with Crippen LogP contribution in [0.15, 0.2) is 33.6 Å². The lowest BCUT2D eigenvalue weighted by atomic mass is 10.3. The van der Waals surface area contributed by atoms with E-state index in [9.17, 15) is 4.79 Å². The molecule has 0 N–H and O–H groups in total. The lowest BCUT2D eigenvalue weighted by molar-refractivity contribution is 0.101. The van der Waals surface area contributed by atoms with Gasteiger partial charge in [0, 0.05) is 6.20 Å². The number of aromatic nitrogens is 2. The van der Waals surface area contributed by atoms with Crippen molar-refractivity contribution in [2.75, 3.05) is 0 Å². The molecule has 0 fully saturated rings. The first kappa shape index (κ1) is 10.2. The van der Waals surface area contributed by atoms with Crippen molar-refractivity contribution in [3.8, 4) is 0 Å². The Morgan fingerprint density at radius 2 is 2.40 bits per heavy atom. The van der Waals surface area contributed by atoms with Crippen LogP contribution >= 0.6 is 15.9 Å². The van der Waals surface area contributed by atoms with Gasteiger partial charge in [-0.2, -0.15) is 5.10 Å². The minimum Gasteiger partial charge on any atom is -0.452 e. The molecular weight excluding hydrogens is 260 g/mol. The van der Waals surface area contributed by atoms with Gasteiger partial charge in [-0.05, 0) is 35.0 Å². The molecule has 0 saturated carbocycles. The molecule has 0 saturated heterocycles. The Morgan fingerprint density at radius 3 is 2.93 bits per heavy atom. The van der Waals surface area contributed by atoms with Gasteiger partial charge in [-0.1, -0.05) is 0 Å². The lowest BCUT2D eigenvalue weighted by Crippen LogP contribution is -1.98. The van der Waals surface area contributed by atoms with Gasteiger partial charge in [-0.15, -0.1) is 0 Å². The zero-order chi connectivity index (χ0) is 10.8. The third-order valence-electron chi connectivity index (χ3n) is 1.99. The molecule has 2 heterocycles. The van der Waals surface area contributed by atoms with Crippen LogP contribution in [0.5, 0.6) is 0 Å². The Morgan fingerprint density at radius 1 is 1.60 bits per heavy atom. The topological polar surface area (TPSA) is 48.0 Å². The monoisotopic (exact) mass is 268 g/mol. The van der Waals surface area contributed by atoms with Crippen LogP contribution in [-0.2, 0) is 6.54 Å². The molecule has 4 nitrogen and oxygen atoms in total. The third-order valence-corrected chi connectivity index (χ3v) is 2.41. The second-order valence-corrected chi connectivity index (χ2v) is 3.97. The van der Waals surface area contributed by atoms with E-state index in [2.05, 4.69) is 21.0 Å². The molecule has 2 rings (SSSR count). The van der Waals surface area contributed by atoms with E-state index in [1.54, 1.807) is 17.1 Å². The summed E-state index contributed by atoms with van der Waals surface area (Å²) in [5.41, 5.74) is 0.612. The molecule has 78 valence electrons. The van der Waals surface area contributed by atoms with Crippen molar-refractivity contribution >= 4 is 21.7 Å². The van der Waals surface area contributed by atoms with Crippen molar-refractivity contribution in [3.63, 3.8) is 0 Å². The van der Waals surface area contributed by atoms with Gasteiger partial charge in [0.15, 0.2) is 10.5 Å². The largest absolute Gasteiger partial charge is 0.452 e. The van der Waals surface area contributed by atoms with Crippen LogP contribution in [-0.4, -0.2) is 15.6 Å². The summed E-state index contributed by atoms with van der Waals surface area (Å²) in [6, 6.07) is 3.68. The van der Waals surface area contributed by atoms with Crippen molar-refractivity contribution in [1.29, 1.82) is 0 Å². The van der Waals surface area contributed by atoms with Crippen LogP contribution in [0.25, 0.3) is 0 Å². The first-order valence-electron chi connectivity index (χ1n) is 4.43. The predicted molar refractivity (Wildman–Crippen MR) is 57.7 cm³/mol. The summed E-state index contributed by atoms with van der Waals surface area (Å²) < 4.78 is 7.69. The quantitative estimate of drug-likeness (QED) is 0.804. The standard InChI is InChI=1S/C10H9BrN2O2/c1-7(14)8-4-12-13(5-8)6-9-2-3-10(11)15-9/h2-5H,6H2,1H3. The van der Waals surface area contributed by atoms with Crippen molar-refractivity contribution in [1.82, 2.24) is 9.78 Å². The van der Waals surface area contributed by atoms with Crippen LogP contribution in [0.1, 0.15) is 23.0 Å². The number of nitrogens with zero attached hydrogens (tertiary/aromatic N) is 2. The van der Waals surface area contributed by atoms with Gasteiger partial charge in [0.1, 0.15) is 5.76 Å². The molecule has 0 aliphatic heterocycles. The molecular formula is C10H9BrN2O2. The summed E-state index contributed by atoms with van der Waals surface area (Å²) in [7, 11) is 0. The summed E-state index contributed by atoms with van der Waals surface area (Å²) in [6.07, 6.45) is 3.26. The molecule has 2 aromatic rings. The highest BCUT2D eigenvalue weighted by atomic mass is 79.9. The van der Waals surface area contributed by atoms with Gasteiger partial charge in [0.25, 0.3) is 0 Å². The van der Waals surface area contributed by atoms with Crippen LogP contribution in [0.3, 0.4) is 0 Å². The molecule has 0 bridgehead atoms. The summed E-state index contributed by atoms with van der Waals surface area (Å²) >= 11 is 3.22. The van der Waals surface area contributed by atoms with Gasteiger partial charge >= 0.3 is 0 Å². The first-order chi connectivity index (χ1) is 7.15. The van der Waals surface area contributed by atoms with Gasteiger partial charge in [-0.25, -0.2) is 0 Å². The van der Waals surface area contributed by atoms with E-state index in [0.29, 0.717) is 16.8 Å². The second kappa shape index (κ2) is 4.02. The highest BCUT2D eigenvalue weighted by Gasteiger charge is 2.05. The minimum absolute atomic E-state index is 0.0156. The Balaban J connectivity index is 2.14. The average molecular weight is 269 g/mol. The number of rotatable bonds is 3. The predicted octanol–water partition coefficient (Wildman–Crippen LogP) is 2.49. The zero-order valence-electron chi connectivity index (χ0n) is 8.11. The molecule has 0 aliphatic rings. The van der Waals surface area contributed by atoms with Crippen LogP contribution < -0.4 is 0 Å². The van der Waals surface area contributed by atoms with Gasteiger partial charge in [0.2, 0.25) is 0 Å². The fraction of sp³-hybridized carbons (Fsp3) is 0.200. The maximum Gasteiger partial charge on any atom is 0.169 e. The Labute approximate surface area is 95.0 Å². The highest BCUT2D eigenvalue weighted by Crippen LogP contribution is 2.14. The van der Waals surface area contributed by atoms with E-state index in [1.807, 2.05) is 12.1 Å². The van der Waals surface area contributed by atoms with E-state index in [4.69, 9.17) is 4.42 Å². The second-order valence-electron chi connectivity index (χ2n) is 3.19. The van der Waals surface area contributed by atoms with E-state index < -0.39 is 0 Å². The minimum atomic E-state index is 0.0156.